The predicted octanol–water partition coefficient (Wildman–Crippen LogP) is 2.39. The van der Waals surface area contributed by atoms with Gasteiger partial charge in [0.2, 0.25) is 5.95 Å². The Labute approximate surface area is 185 Å². The fourth-order valence-corrected chi connectivity index (χ4v) is 4.91. The van der Waals surface area contributed by atoms with Gasteiger partial charge in [-0.3, -0.25) is 4.99 Å². The molecule has 2 saturated heterocycles. The van der Waals surface area contributed by atoms with Crippen molar-refractivity contribution < 1.29 is 4.74 Å². The minimum Gasteiger partial charge on any atom is -0.377 e. The highest BCUT2D eigenvalue weighted by molar-refractivity contribution is 14.0. The first-order valence-electron chi connectivity index (χ1n) is 10.3. The number of fused-ring (bicyclic) bond motifs is 1. The van der Waals surface area contributed by atoms with E-state index in [2.05, 4.69) is 45.9 Å². The van der Waals surface area contributed by atoms with E-state index in [1.54, 1.807) is 0 Å². The van der Waals surface area contributed by atoms with Crippen molar-refractivity contribution in [3.05, 3.63) is 18.5 Å². The van der Waals surface area contributed by atoms with E-state index in [4.69, 9.17) is 9.73 Å². The number of rotatable bonds is 3. The maximum absolute atomic E-state index is 6.06. The van der Waals surface area contributed by atoms with E-state index in [9.17, 15) is 0 Å². The number of guanidine groups is 1. The van der Waals surface area contributed by atoms with Crippen LogP contribution in [0, 0.1) is 11.3 Å². The van der Waals surface area contributed by atoms with E-state index in [-0.39, 0.29) is 29.4 Å². The standard InChI is InChI=1S/C20H32N6O.HI/c1-4-21-19(24-16-15-7-5-14-27-17(15)20(16,2)3)26-12-10-25(11-13-26)18-22-8-6-9-23-18;/h6,8-9,15-17H,4-5,7,10-14H2,1-3H3,(H,21,24);1H. The molecule has 0 amide bonds. The topological polar surface area (TPSA) is 65.9 Å². The summed E-state index contributed by atoms with van der Waals surface area (Å²) in [6.07, 6.45) is 6.43. The summed E-state index contributed by atoms with van der Waals surface area (Å²) in [6.45, 7) is 12.2. The van der Waals surface area contributed by atoms with E-state index in [1.807, 2.05) is 18.5 Å². The van der Waals surface area contributed by atoms with Crippen LogP contribution in [-0.4, -0.2) is 72.3 Å². The Morgan fingerprint density at radius 2 is 1.96 bits per heavy atom. The molecular formula is C20H33IN6O. The monoisotopic (exact) mass is 500 g/mol. The van der Waals surface area contributed by atoms with Crippen molar-refractivity contribution in [1.29, 1.82) is 0 Å². The normalized spacial score (nSPS) is 29.4. The van der Waals surface area contributed by atoms with E-state index in [1.165, 1.54) is 12.8 Å². The fourth-order valence-electron chi connectivity index (χ4n) is 4.91. The Hall–Kier alpha value is -1.16. The van der Waals surface area contributed by atoms with E-state index in [0.717, 1.165) is 51.2 Å². The van der Waals surface area contributed by atoms with Crippen molar-refractivity contribution in [2.75, 3.05) is 44.2 Å². The molecule has 2 aliphatic heterocycles. The number of anilines is 1. The highest BCUT2D eigenvalue weighted by Crippen LogP contribution is 2.51. The summed E-state index contributed by atoms with van der Waals surface area (Å²) in [4.78, 5) is 18.2. The van der Waals surface area contributed by atoms with E-state index in [0.29, 0.717) is 18.1 Å². The second-order valence-corrected chi connectivity index (χ2v) is 8.36. The van der Waals surface area contributed by atoms with Crippen LogP contribution < -0.4 is 10.2 Å². The van der Waals surface area contributed by atoms with Crippen LogP contribution in [0.15, 0.2) is 23.5 Å². The highest BCUT2D eigenvalue weighted by atomic mass is 127. The van der Waals surface area contributed by atoms with Gasteiger partial charge in [-0.15, -0.1) is 24.0 Å². The number of hydrogen-bond acceptors (Lipinski definition) is 5. The molecule has 1 aliphatic carbocycles. The molecule has 3 heterocycles. The van der Waals surface area contributed by atoms with Crippen molar-refractivity contribution in [2.45, 2.75) is 45.8 Å². The van der Waals surface area contributed by atoms with Crippen LogP contribution >= 0.6 is 24.0 Å². The Kier molecular flexibility index (Phi) is 7.01. The molecule has 3 aliphatic rings. The van der Waals surface area contributed by atoms with Crippen LogP contribution in [0.3, 0.4) is 0 Å². The average Bonchev–Trinajstić information content (AvgIpc) is 2.72. The molecule has 0 bridgehead atoms. The Morgan fingerprint density at radius 3 is 2.64 bits per heavy atom. The van der Waals surface area contributed by atoms with Gasteiger partial charge < -0.3 is 19.9 Å². The van der Waals surface area contributed by atoms with Gasteiger partial charge >= 0.3 is 0 Å². The zero-order valence-corrected chi connectivity index (χ0v) is 19.5. The van der Waals surface area contributed by atoms with Crippen molar-refractivity contribution in [3.63, 3.8) is 0 Å². The van der Waals surface area contributed by atoms with Crippen molar-refractivity contribution in [2.24, 2.45) is 16.3 Å². The summed E-state index contributed by atoms with van der Waals surface area (Å²) in [5.74, 6) is 2.48. The first kappa shape index (κ1) is 21.5. The first-order valence-corrected chi connectivity index (χ1v) is 10.3. The Morgan fingerprint density at radius 1 is 1.25 bits per heavy atom. The van der Waals surface area contributed by atoms with E-state index >= 15 is 0 Å². The fraction of sp³-hybridized carbons (Fsp3) is 0.750. The molecule has 156 valence electrons. The molecule has 0 radical (unpaired) electrons. The first-order chi connectivity index (χ1) is 13.1. The zero-order valence-electron chi connectivity index (χ0n) is 17.2. The second kappa shape index (κ2) is 9.11. The summed E-state index contributed by atoms with van der Waals surface area (Å²) in [6, 6.07) is 2.29. The van der Waals surface area contributed by atoms with Gasteiger partial charge in [-0.2, -0.15) is 0 Å². The maximum Gasteiger partial charge on any atom is 0.225 e. The van der Waals surface area contributed by atoms with Crippen LogP contribution in [0.25, 0.3) is 0 Å². The van der Waals surface area contributed by atoms with Crippen LogP contribution in [-0.2, 0) is 4.74 Å². The molecule has 3 atom stereocenters. The third kappa shape index (κ3) is 4.08. The van der Waals surface area contributed by atoms with Gasteiger partial charge in [-0.1, -0.05) is 13.8 Å². The predicted molar refractivity (Wildman–Crippen MR) is 122 cm³/mol. The number of nitrogens with zero attached hydrogens (tertiary/aromatic N) is 5. The number of aliphatic imine (C=N–C) groups is 1. The summed E-state index contributed by atoms with van der Waals surface area (Å²) in [7, 11) is 0. The average molecular weight is 500 g/mol. The molecule has 0 spiro atoms. The lowest BCUT2D eigenvalue weighted by Crippen LogP contribution is -2.71. The number of nitrogens with one attached hydrogen (secondary N) is 1. The minimum atomic E-state index is 0. The lowest BCUT2D eigenvalue weighted by Gasteiger charge is -2.60. The molecule has 1 saturated carbocycles. The van der Waals surface area contributed by atoms with Crippen LogP contribution in [0.4, 0.5) is 5.95 Å². The maximum atomic E-state index is 6.06. The summed E-state index contributed by atoms with van der Waals surface area (Å²) in [5.41, 5.74) is 0.152. The lowest BCUT2D eigenvalue weighted by molar-refractivity contribution is -0.188. The number of halogens is 1. The third-order valence-electron chi connectivity index (χ3n) is 6.34. The van der Waals surface area contributed by atoms with Gasteiger partial charge in [0.1, 0.15) is 0 Å². The summed E-state index contributed by atoms with van der Waals surface area (Å²) in [5, 5.41) is 3.81. The van der Waals surface area contributed by atoms with Crippen molar-refractivity contribution in [1.82, 2.24) is 20.2 Å². The third-order valence-corrected chi connectivity index (χ3v) is 6.34. The van der Waals surface area contributed by atoms with Gasteiger partial charge in [0.25, 0.3) is 0 Å². The molecule has 28 heavy (non-hydrogen) atoms. The number of hydrogen-bond donors (Lipinski definition) is 1. The molecule has 0 aromatic carbocycles. The number of ether oxygens (including phenoxy) is 1. The molecule has 3 fully saturated rings. The molecule has 3 unspecified atom stereocenters. The van der Waals surface area contributed by atoms with Crippen LogP contribution in [0.2, 0.25) is 0 Å². The van der Waals surface area contributed by atoms with Gasteiger partial charge in [-0.25, -0.2) is 9.97 Å². The zero-order chi connectivity index (χ0) is 18.9. The van der Waals surface area contributed by atoms with Gasteiger partial charge in [0.05, 0.1) is 6.10 Å². The summed E-state index contributed by atoms with van der Waals surface area (Å²) >= 11 is 0. The smallest absolute Gasteiger partial charge is 0.225 e. The molecular weight excluding hydrogens is 467 g/mol. The van der Waals surface area contributed by atoms with Gasteiger partial charge in [-0.05, 0) is 25.8 Å². The second-order valence-electron chi connectivity index (χ2n) is 8.36. The van der Waals surface area contributed by atoms with Gasteiger partial charge in [0.15, 0.2) is 5.96 Å². The molecule has 1 N–H and O–H groups in total. The Bertz CT molecular complexity index is 662. The minimum absolute atomic E-state index is 0. The number of aromatic nitrogens is 2. The molecule has 8 heteroatoms. The van der Waals surface area contributed by atoms with Crippen LogP contribution in [0.1, 0.15) is 33.6 Å². The van der Waals surface area contributed by atoms with Crippen molar-refractivity contribution >= 4 is 35.9 Å². The van der Waals surface area contributed by atoms with Gasteiger partial charge in [0, 0.05) is 69.1 Å². The molecule has 1 aromatic rings. The Balaban J connectivity index is 0.00000225. The summed E-state index contributed by atoms with van der Waals surface area (Å²) < 4.78 is 6.06. The number of piperazine rings is 1. The van der Waals surface area contributed by atoms with E-state index < -0.39 is 0 Å². The lowest BCUT2D eigenvalue weighted by atomic mass is 9.55. The van der Waals surface area contributed by atoms with Crippen LogP contribution in [0.5, 0.6) is 0 Å². The molecule has 1 aromatic heterocycles. The molecule has 4 rings (SSSR count). The highest BCUT2D eigenvalue weighted by Gasteiger charge is 2.58. The van der Waals surface area contributed by atoms with Crippen molar-refractivity contribution in [3.8, 4) is 0 Å². The molecule has 7 nitrogen and oxygen atoms in total. The quantitative estimate of drug-likeness (QED) is 0.391. The largest absolute Gasteiger partial charge is 0.377 e. The SMILES string of the molecule is CCN=C(NC1C2CCCOC2C1(C)C)N1CCN(c2ncccn2)CC1.I.